The summed E-state index contributed by atoms with van der Waals surface area (Å²) in [5.41, 5.74) is 3.32. The van der Waals surface area contributed by atoms with Crippen LogP contribution in [0.3, 0.4) is 0 Å². The lowest BCUT2D eigenvalue weighted by molar-refractivity contribution is -0.123. The van der Waals surface area contributed by atoms with Crippen molar-refractivity contribution in [2.45, 2.75) is 31.8 Å². The third-order valence-electron chi connectivity index (χ3n) is 5.96. The Kier molecular flexibility index (Phi) is 7.77. The Labute approximate surface area is 240 Å². The number of rotatable bonds is 8. The molecule has 5 rings (SSSR count). The second-order valence-electron chi connectivity index (χ2n) is 9.17. The molecule has 10 nitrogen and oxygen atoms in total. The van der Waals surface area contributed by atoms with E-state index in [0.29, 0.717) is 33.2 Å². The maximum absolute atomic E-state index is 13.1. The van der Waals surface area contributed by atoms with E-state index in [1.165, 1.54) is 42.5 Å². The van der Waals surface area contributed by atoms with Crippen molar-refractivity contribution in [2.24, 2.45) is 0 Å². The Hall–Kier alpha value is -4.68. The Morgan fingerprint density at radius 2 is 1.54 bits per heavy atom. The zero-order valence-corrected chi connectivity index (χ0v) is 23.9. The minimum absolute atomic E-state index is 0.0276. The van der Waals surface area contributed by atoms with Crippen molar-refractivity contribution in [3.05, 3.63) is 95.8 Å². The number of hydrogen-bond acceptors (Lipinski definition) is 9. The van der Waals surface area contributed by atoms with Crippen LogP contribution < -0.4 is 10.0 Å². The largest absolute Gasteiger partial charge is 0.449 e. The summed E-state index contributed by atoms with van der Waals surface area (Å²) >= 11 is 1.46. The van der Waals surface area contributed by atoms with Crippen LogP contribution in [-0.4, -0.2) is 41.4 Å². The average Bonchev–Trinajstić information content (AvgIpc) is 3.37. The molecule has 1 unspecified atom stereocenters. The van der Waals surface area contributed by atoms with E-state index in [-0.39, 0.29) is 10.8 Å². The highest BCUT2D eigenvalue weighted by Crippen LogP contribution is 2.32. The fourth-order valence-corrected chi connectivity index (χ4v) is 5.97. The van der Waals surface area contributed by atoms with Crippen molar-refractivity contribution in [1.29, 1.82) is 0 Å². The molecule has 2 heterocycles. The van der Waals surface area contributed by atoms with Crippen molar-refractivity contribution >= 4 is 55.1 Å². The highest BCUT2D eigenvalue weighted by molar-refractivity contribution is 7.92. The van der Waals surface area contributed by atoms with Crippen LogP contribution >= 0.6 is 11.3 Å². The van der Waals surface area contributed by atoms with Gasteiger partial charge in [0.2, 0.25) is 5.95 Å². The van der Waals surface area contributed by atoms with Gasteiger partial charge in [-0.1, -0.05) is 30.3 Å². The van der Waals surface area contributed by atoms with Crippen LogP contribution in [-0.2, 0) is 19.6 Å². The van der Waals surface area contributed by atoms with Gasteiger partial charge in [-0.2, -0.15) is 0 Å². The molecule has 0 bridgehead atoms. The van der Waals surface area contributed by atoms with Gasteiger partial charge < -0.3 is 10.1 Å². The Balaban J connectivity index is 1.24. The van der Waals surface area contributed by atoms with Crippen LogP contribution in [0.4, 0.5) is 11.6 Å². The molecule has 0 saturated carbocycles. The van der Waals surface area contributed by atoms with Gasteiger partial charge in [0.1, 0.15) is 5.01 Å². The number of anilines is 2. The van der Waals surface area contributed by atoms with E-state index >= 15 is 0 Å². The van der Waals surface area contributed by atoms with E-state index in [1.807, 2.05) is 30.3 Å². The van der Waals surface area contributed by atoms with E-state index in [4.69, 9.17) is 4.74 Å². The van der Waals surface area contributed by atoms with Gasteiger partial charge >= 0.3 is 5.97 Å². The highest BCUT2D eigenvalue weighted by Gasteiger charge is 2.23. The van der Waals surface area contributed by atoms with Crippen molar-refractivity contribution in [1.82, 2.24) is 15.0 Å². The number of nitrogens with zero attached hydrogens (tertiary/aromatic N) is 3. The topological polar surface area (TPSA) is 140 Å². The molecule has 2 N–H and O–H groups in total. The van der Waals surface area contributed by atoms with Gasteiger partial charge in [0, 0.05) is 22.6 Å². The number of nitrogens with one attached hydrogen (secondary N) is 2. The first kappa shape index (κ1) is 27.9. The maximum atomic E-state index is 13.1. The molecule has 5 aromatic rings. The number of carbonyl (C=O) groups is 2. The van der Waals surface area contributed by atoms with E-state index < -0.39 is 28.0 Å². The van der Waals surface area contributed by atoms with E-state index in [2.05, 4.69) is 25.0 Å². The predicted octanol–water partition coefficient (Wildman–Crippen LogP) is 5.35. The van der Waals surface area contributed by atoms with Crippen LogP contribution in [0.5, 0.6) is 0 Å². The lowest BCUT2D eigenvalue weighted by Gasteiger charge is -2.15. The number of fused-ring (bicyclic) bond motifs is 1. The van der Waals surface area contributed by atoms with E-state index in [9.17, 15) is 18.0 Å². The van der Waals surface area contributed by atoms with Gasteiger partial charge in [-0.25, -0.2) is 32.9 Å². The van der Waals surface area contributed by atoms with Gasteiger partial charge in [-0.15, -0.1) is 11.3 Å². The Morgan fingerprint density at radius 3 is 2.24 bits per heavy atom. The van der Waals surface area contributed by atoms with Crippen molar-refractivity contribution < 1.29 is 22.7 Å². The summed E-state index contributed by atoms with van der Waals surface area (Å²) in [6, 6.07) is 21.9. The summed E-state index contributed by atoms with van der Waals surface area (Å²) in [5.74, 6) is -1.27. The van der Waals surface area contributed by atoms with E-state index in [1.54, 1.807) is 38.1 Å². The Morgan fingerprint density at radius 1 is 0.878 bits per heavy atom. The molecule has 0 saturated heterocycles. The Bertz CT molecular complexity index is 1820. The zero-order chi connectivity index (χ0) is 29.1. The first-order valence-corrected chi connectivity index (χ1v) is 14.8. The summed E-state index contributed by atoms with van der Waals surface area (Å²) in [6.07, 6.45) is -1.13. The lowest BCUT2D eigenvalue weighted by Crippen LogP contribution is -2.30. The molecule has 0 radical (unpaired) electrons. The highest BCUT2D eigenvalue weighted by atomic mass is 32.2. The lowest BCUT2D eigenvalue weighted by atomic mass is 10.1. The smallest absolute Gasteiger partial charge is 0.339 e. The average molecular weight is 588 g/mol. The summed E-state index contributed by atoms with van der Waals surface area (Å²) in [6.45, 7) is 4.94. The van der Waals surface area contributed by atoms with Gasteiger partial charge in [0.15, 0.2) is 6.10 Å². The molecule has 208 valence electrons. The third-order valence-corrected chi connectivity index (χ3v) is 8.38. The normalized spacial score (nSPS) is 12.1. The standard InChI is InChI=1S/C29H25N5O5S2/c1-17-16-18(2)31-29(30-17)34-41(37,38)21-14-12-20(13-15-21)32-26(35)19(3)39-28(36)23-9-5-4-8-22(23)27-33-24-10-6-7-11-25(24)40-27/h4-16,19H,1-3H3,(H,32,35)(H,30,31,34). The van der Waals surface area contributed by atoms with Crippen LogP contribution in [0.25, 0.3) is 20.8 Å². The zero-order valence-electron chi connectivity index (χ0n) is 22.3. The van der Waals surface area contributed by atoms with Crippen molar-refractivity contribution in [2.75, 3.05) is 10.0 Å². The molecular formula is C29H25N5O5S2. The summed E-state index contributed by atoms with van der Waals surface area (Å²) in [5, 5.41) is 3.31. The van der Waals surface area contributed by atoms with Gasteiger partial charge in [0.25, 0.3) is 15.9 Å². The van der Waals surface area contributed by atoms with Crippen LogP contribution in [0.2, 0.25) is 0 Å². The molecule has 0 aliphatic carbocycles. The van der Waals surface area contributed by atoms with E-state index in [0.717, 1.165) is 10.2 Å². The van der Waals surface area contributed by atoms with Gasteiger partial charge in [-0.3, -0.25) is 4.79 Å². The van der Waals surface area contributed by atoms with Gasteiger partial charge in [-0.05, 0) is 69.3 Å². The fraction of sp³-hybridized carbons (Fsp3) is 0.138. The molecule has 0 aliphatic heterocycles. The summed E-state index contributed by atoms with van der Waals surface area (Å²) < 4.78 is 34.4. The number of carbonyl (C=O) groups excluding carboxylic acids is 2. The number of hydrogen-bond donors (Lipinski definition) is 2. The van der Waals surface area contributed by atoms with Crippen LogP contribution in [0.15, 0.2) is 83.8 Å². The molecule has 3 aromatic carbocycles. The number of ether oxygens (including phenoxy) is 1. The molecule has 2 aromatic heterocycles. The predicted molar refractivity (Wildman–Crippen MR) is 157 cm³/mol. The monoisotopic (exact) mass is 587 g/mol. The molecular weight excluding hydrogens is 562 g/mol. The second-order valence-corrected chi connectivity index (χ2v) is 11.9. The number of thiazole rings is 1. The third kappa shape index (κ3) is 6.39. The summed E-state index contributed by atoms with van der Waals surface area (Å²) in [4.78, 5) is 38.6. The minimum Gasteiger partial charge on any atom is -0.449 e. The number of aromatic nitrogens is 3. The van der Waals surface area contributed by atoms with Crippen molar-refractivity contribution in [3.63, 3.8) is 0 Å². The number of benzene rings is 3. The quantitative estimate of drug-likeness (QED) is 0.231. The molecule has 0 spiro atoms. The fourth-order valence-electron chi connectivity index (χ4n) is 4.02. The van der Waals surface area contributed by atoms with Crippen LogP contribution in [0.1, 0.15) is 28.7 Å². The van der Waals surface area contributed by atoms with Gasteiger partial charge in [0.05, 0.1) is 20.7 Å². The second kappa shape index (κ2) is 11.4. The molecule has 1 amide bonds. The number of para-hydroxylation sites is 1. The maximum Gasteiger partial charge on any atom is 0.339 e. The minimum atomic E-state index is -3.95. The molecule has 0 aliphatic rings. The molecule has 0 fully saturated rings. The number of esters is 1. The SMILES string of the molecule is Cc1cc(C)nc(NS(=O)(=O)c2ccc(NC(=O)C(C)OC(=O)c3ccccc3-c3nc4ccccc4s3)cc2)n1. The van der Waals surface area contributed by atoms with Crippen LogP contribution in [0, 0.1) is 13.8 Å². The number of amides is 1. The molecule has 41 heavy (non-hydrogen) atoms. The number of aryl methyl sites for hydroxylation is 2. The first-order valence-electron chi connectivity index (χ1n) is 12.5. The molecule has 1 atom stereocenters. The molecule has 12 heteroatoms. The van der Waals surface area contributed by atoms with Crippen molar-refractivity contribution in [3.8, 4) is 10.6 Å². The first-order chi connectivity index (χ1) is 19.6. The summed E-state index contributed by atoms with van der Waals surface area (Å²) in [7, 11) is -3.95. The number of sulfonamides is 1.